The Bertz CT molecular complexity index is 396. The standard InChI is InChI=1S/C11H16N4O2/c1-8-6-14(7-9(2)13-8)10-3-4-11(12-5-10)15(16)17/h3-5,8-9,13H,6-7H2,1-2H3/t8-,9+. The van der Waals surface area contributed by atoms with Crippen molar-refractivity contribution >= 4 is 11.5 Å². The number of piperazine rings is 1. The molecule has 0 aliphatic carbocycles. The Kier molecular flexibility index (Phi) is 3.23. The van der Waals surface area contributed by atoms with Gasteiger partial charge in [0, 0.05) is 31.2 Å². The van der Waals surface area contributed by atoms with Gasteiger partial charge >= 0.3 is 5.82 Å². The van der Waals surface area contributed by atoms with E-state index >= 15 is 0 Å². The van der Waals surface area contributed by atoms with Crippen molar-refractivity contribution < 1.29 is 4.92 Å². The molecule has 0 unspecified atom stereocenters. The number of nitrogens with zero attached hydrogens (tertiary/aromatic N) is 3. The molecule has 1 aromatic heterocycles. The largest absolute Gasteiger partial charge is 0.365 e. The minimum absolute atomic E-state index is 0.106. The molecular formula is C11H16N4O2. The van der Waals surface area contributed by atoms with E-state index in [-0.39, 0.29) is 5.82 Å². The molecule has 1 aliphatic heterocycles. The van der Waals surface area contributed by atoms with Gasteiger partial charge in [0.1, 0.15) is 0 Å². The molecule has 0 aromatic carbocycles. The lowest BCUT2D eigenvalue weighted by atomic mass is 10.1. The lowest BCUT2D eigenvalue weighted by molar-refractivity contribution is -0.389. The zero-order chi connectivity index (χ0) is 12.4. The molecule has 1 aromatic rings. The van der Waals surface area contributed by atoms with Gasteiger partial charge in [-0.25, -0.2) is 0 Å². The van der Waals surface area contributed by atoms with Gasteiger partial charge in [-0.05, 0) is 29.8 Å². The maximum absolute atomic E-state index is 10.5. The maximum atomic E-state index is 10.5. The van der Waals surface area contributed by atoms with E-state index in [9.17, 15) is 10.1 Å². The molecule has 6 nitrogen and oxygen atoms in total. The van der Waals surface area contributed by atoms with Gasteiger partial charge in [0.15, 0.2) is 6.20 Å². The minimum atomic E-state index is -0.479. The molecule has 1 aliphatic rings. The highest BCUT2D eigenvalue weighted by molar-refractivity contribution is 5.47. The van der Waals surface area contributed by atoms with Crippen LogP contribution in [0.15, 0.2) is 18.3 Å². The Labute approximate surface area is 99.8 Å². The number of hydrogen-bond acceptors (Lipinski definition) is 5. The predicted octanol–water partition coefficient (Wildman–Crippen LogP) is 1.18. The fourth-order valence-electron chi connectivity index (χ4n) is 2.21. The minimum Gasteiger partial charge on any atom is -0.365 e. The second-order valence-electron chi connectivity index (χ2n) is 4.51. The third-order valence-electron chi connectivity index (χ3n) is 2.84. The van der Waals surface area contributed by atoms with Crippen LogP contribution in [0.2, 0.25) is 0 Å². The Hall–Kier alpha value is -1.69. The first-order valence-electron chi connectivity index (χ1n) is 5.67. The average Bonchev–Trinajstić information content (AvgIpc) is 2.28. The quantitative estimate of drug-likeness (QED) is 0.616. The Balaban J connectivity index is 2.14. The number of pyridine rings is 1. The summed E-state index contributed by atoms with van der Waals surface area (Å²) in [5, 5.41) is 14.0. The Morgan fingerprint density at radius 1 is 1.41 bits per heavy atom. The summed E-state index contributed by atoms with van der Waals surface area (Å²) in [6.07, 6.45) is 1.57. The zero-order valence-corrected chi connectivity index (χ0v) is 9.96. The third-order valence-corrected chi connectivity index (χ3v) is 2.84. The summed E-state index contributed by atoms with van der Waals surface area (Å²) in [6.45, 7) is 6.04. The van der Waals surface area contributed by atoms with Crippen molar-refractivity contribution in [1.29, 1.82) is 0 Å². The first-order valence-corrected chi connectivity index (χ1v) is 5.67. The van der Waals surface area contributed by atoms with Crippen LogP contribution in [0.25, 0.3) is 0 Å². The molecule has 1 N–H and O–H groups in total. The molecule has 0 bridgehead atoms. The second-order valence-corrected chi connectivity index (χ2v) is 4.51. The molecule has 2 heterocycles. The van der Waals surface area contributed by atoms with Gasteiger partial charge < -0.3 is 20.3 Å². The van der Waals surface area contributed by atoms with Gasteiger partial charge in [0.05, 0.1) is 5.69 Å². The van der Waals surface area contributed by atoms with Crippen LogP contribution < -0.4 is 10.2 Å². The molecule has 92 valence electrons. The highest BCUT2D eigenvalue weighted by Gasteiger charge is 2.22. The van der Waals surface area contributed by atoms with E-state index < -0.39 is 4.92 Å². The predicted molar refractivity (Wildman–Crippen MR) is 65.2 cm³/mol. The van der Waals surface area contributed by atoms with E-state index in [0.717, 1.165) is 18.8 Å². The number of anilines is 1. The molecule has 0 spiro atoms. The molecule has 17 heavy (non-hydrogen) atoms. The lowest BCUT2D eigenvalue weighted by Crippen LogP contribution is -2.54. The van der Waals surface area contributed by atoms with Crippen LogP contribution in [0, 0.1) is 10.1 Å². The van der Waals surface area contributed by atoms with Crippen molar-refractivity contribution in [3.63, 3.8) is 0 Å². The van der Waals surface area contributed by atoms with Crippen molar-refractivity contribution in [3.8, 4) is 0 Å². The molecular weight excluding hydrogens is 220 g/mol. The van der Waals surface area contributed by atoms with Crippen molar-refractivity contribution in [1.82, 2.24) is 10.3 Å². The maximum Gasteiger partial charge on any atom is 0.363 e. The molecule has 0 saturated carbocycles. The van der Waals surface area contributed by atoms with Gasteiger partial charge in [-0.1, -0.05) is 0 Å². The monoisotopic (exact) mass is 236 g/mol. The number of aromatic nitrogens is 1. The number of rotatable bonds is 2. The van der Waals surface area contributed by atoms with Crippen LogP contribution in [0.1, 0.15) is 13.8 Å². The lowest BCUT2D eigenvalue weighted by Gasteiger charge is -2.37. The molecule has 2 rings (SSSR count). The van der Waals surface area contributed by atoms with Crippen molar-refractivity contribution in [2.75, 3.05) is 18.0 Å². The summed E-state index contributed by atoms with van der Waals surface area (Å²) >= 11 is 0. The molecule has 6 heteroatoms. The van der Waals surface area contributed by atoms with Crippen LogP contribution in [0.4, 0.5) is 11.5 Å². The van der Waals surface area contributed by atoms with E-state index in [1.165, 1.54) is 6.07 Å². The van der Waals surface area contributed by atoms with Crippen molar-refractivity contribution in [2.24, 2.45) is 0 Å². The van der Waals surface area contributed by atoms with Crippen LogP contribution in [-0.4, -0.2) is 35.1 Å². The van der Waals surface area contributed by atoms with Gasteiger partial charge in [0.2, 0.25) is 0 Å². The Morgan fingerprint density at radius 2 is 2.06 bits per heavy atom. The van der Waals surface area contributed by atoms with Crippen LogP contribution in [0.3, 0.4) is 0 Å². The smallest absolute Gasteiger partial charge is 0.363 e. The van der Waals surface area contributed by atoms with Crippen LogP contribution in [0.5, 0.6) is 0 Å². The summed E-state index contributed by atoms with van der Waals surface area (Å²) in [6, 6.07) is 4.03. The van der Waals surface area contributed by atoms with Gasteiger partial charge in [0.25, 0.3) is 0 Å². The summed E-state index contributed by atoms with van der Waals surface area (Å²) in [5.41, 5.74) is 0.941. The molecule has 0 amide bonds. The summed E-state index contributed by atoms with van der Waals surface area (Å²) in [7, 11) is 0. The molecule has 2 atom stereocenters. The second kappa shape index (κ2) is 4.67. The molecule has 0 radical (unpaired) electrons. The van der Waals surface area contributed by atoms with Gasteiger partial charge in [-0.2, -0.15) is 0 Å². The van der Waals surface area contributed by atoms with E-state index in [2.05, 4.69) is 29.0 Å². The van der Waals surface area contributed by atoms with Crippen molar-refractivity contribution in [2.45, 2.75) is 25.9 Å². The summed E-state index contributed by atoms with van der Waals surface area (Å²) in [4.78, 5) is 16.1. The molecule has 1 saturated heterocycles. The number of nitrogens with one attached hydrogen (secondary N) is 1. The summed E-state index contributed by atoms with van der Waals surface area (Å²) < 4.78 is 0. The topological polar surface area (TPSA) is 71.3 Å². The first kappa shape index (κ1) is 11.8. The summed E-state index contributed by atoms with van der Waals surface area (Å²) in [5.74, 6) is -0.106. The van der Waals surface area contributed by atoms with E-state index in [4.69, 9.17) is 0 Å². The SMILES string of the molecule is C[C@@H]1CN(c2ccc([N+](=O)[O-])nc2)C[C@H](C)N1. The average molecular weight is 236 g/mol. The Morgan fingerprint density at radius 3 is 2.53 bits per heavy atom. The first-order chi connectivity index (χ1) is 8.06. The van der Waals surface area contributed by atoms with E-state index in [1.54, 1.807) is 12.3 Å². The van der Waals surface area contributed by atoms with Gasteiger partial charge in [-0.3, -0.25) is 0 Å². The van der Waals surface area contributed by atoms with Crippen LogP contribution in [-0.2, 0) is 0 Å². The third kappa shape index (κ3) is 2.71. The number of hydrogen-bond donors (Lipinski definition) is 1. The fourth-order valence-corrected chi connectivity index (χ4v) is 2.21. The number of nitro groups is 1. The zero-order valence-electron chi connectivity index (χ0n) is 9.96. The van der Waals surface area contributed by atoms with E-state index in [0.29, 0.717) is 12.1 Å². The highest BCUT2D eigenvalue weighted by atomic mass is 16.6. The van der Waals surface area contributed by atoms with Gasteiger partial charge in [-0.15, -0.1) is 0 Å². The van der Waals surface area contributed by atoms with Crippen LogP contribution >= 0.6 is 0 Å². The van der Waals surface area contributed by atoms with Crippen molar-refractivity contribution in [3.05, 3.63) is 28.4 Å². The molecule has 1 fully saturated rings. The normalized spacial score (nSPS) is 24.7. The van der Waals surface area contributed by atoms with E-state index in [1.807, 2.05) is 0 Å². The fraction of sp³-hybridized carbons (Fsp3) is 0.545. The highest BCUT2D eigenvalue weighted by Crippen LogP contribution is 2.18.